The summed E-state index contributed by atoms with van der Waals surface area (Å²) in [6.07, 6.45) is 1.16. The molecule has 0 aliphatic rings. The van der Waals surface area contributed by atoms with Gasteiger partial charge >= 0.3 is 0 Å². The minimum Gasteiger partial charge on any atom is -0.422 e. The average Bonchev–Trinajstić information content (AvgIpc) is 1.85. The van der Waals surface area contributed by atoms with Crippen molar-refractivity contribution in [2.24, 2.45) is 0 Å². The van der Waals surface area contributed by atoms with Crippen molar-refractivity contribution in [3.05, 3.63) is 0 Å². The molecule has 0 aliphatic carbocycles. The molecule has 0 aromatic rings. The van der Waals surface area contributed by atoms with Crippen LogP contribution >= 0.6 is 0 Å². The first-order valence-electron chi connectivity index (χ1n) is 3.65. The van der Waals surface area contributed by atoms with E-state index in [0.717, 1.165) is 26.1 Å². The van der Waals surface area contributed by atoms with E-state index in [1.165, 1.54) is 6.54 Å². The van der Waals surface area contributed by atoms with E-state index >= 15 is 0 Å². The normalized spacial score (nSPS) is 12.0. The summed E-state index contributed by atoms with van der Waals surface area (Å²) in [7, 11) is 11.4. The van der Waals surface area contributed by atoms with E-state index < -0.39 is 0 Å². The van der Waals surface area contributed by atoms with Gasteiger partial charge < -0.3 is 8.91 Å². The second kappa shape index (κ2) is 6.13. The van der Waals surface area contributed by atoms with Crippen molar-refractivity contribution in [1.82, 2.24) is 0 Å². The minimum atomic E-state index is 0.643. The molecule has 0 saturated heterocycles. The Morgan fingerprint density at radius 3 is 2.45 bits per heavy atom. The van der Waals surface area contributed by atoms with Gasteiger partial charge in [0.2, 0.25) is 9.28 Å². The summed E-state index contributed by atoms with van der Waals surface area (Å²) in [4.78, 5) is 0. The van der Waals surface area contributed by atoms with Crippen LogP contribution in [0.4, 0.5) is 0 Å². The highest BCUT2D eigenvalue weighted by atomic mass is 29.5. The van der Waals surface area contributed by atoms with E-state index in [1.807, 2.05) is 0 Å². The molecule has 0 unspecified atom stereocenters. The molecule has 0 N–H and O–H groups in total. The lowest BCUT2D eigenvalue weighted by molar-refractivity contribution is -0.870. The quantitative estimate of drug-likeness (QED) is 0.317. The fourth-order valence-electron chi connectivity index (χ4n) is 0.698. The van der Waals surface area contributed by atoms with Crippen molar-refractivity contribution >= 4 is 27.6 Å². The van der Waals surface area contributed by atoms with Crippen molar-refractivity contribution in [3.8, 4) is 0 Å². The average molecular weight is 201 g/mol. The molecule has 0 rings (SSSR count). The van der Waals surface area contributed by atoms with Crippen molar-refractivity contribution in [2.75, 3.05) is 34.3 Å². The highest BCUT2D eigenvalue weighted by Gasteiger charge is 2.04. The van der Waals surface area contributed by atoms with Gasteiger partial charge in [-0.15, -0.1) is 0 Å². The molecule has 5 heteroatoms. The molecular formula is C6H15NOSi3+. The molecular weight excluding hydrogens is 186 g/mol. The molecule has 7 radical (unpaired) electrons. The van der Waals surface area contributed by atoms with Crippen LogP contribution in [0.3, 0.4) is 0 Å². The first-order valence-corrected chi connectivity index (χ1v) is 8.06. The van der Waals surface area contributed by atoms with Crippen molar-refractivity contribution in [3.63, 3.8) is 0 Å². The van der Waals surface area contributed by atoms with Crippen molar-refractivity contribution in [1.29, 1.82) is 0 Å². The lowest BCUT2D eigenvalue weighted by atomic mass is 10.4. The van der Waals surface area contributed by atoms with Crippen LogP contribution in [0, 0.1) is 0 Å². The molecule has 0 heterocycles. The Hall–Kier alpha value is 0.571. The maximum atomic E-state index is 5.36. The summed E-state index contributed by atoms with van der Waals surface area (Å²) < 4.78 is 6.39. The SMILES string of the molecule is C[N+](C)(C)CCCO[Si][Si][Si]. The fourth-order valence-corrected chi connectivity index (χ4v) is 2.19. The van der Waals surface area contributed by atoms with Crippen molar-refractivity contribution < 1.29 is 8.91 Å². The van der Waals surface area contributed by atoms with Crippen LogP contribution in [0.2, 0.25) is 0 Å². The Kier molecular flexibility index (Phi) is 6.45. The molecule has 2 nitrogen and oxygen atoms in total. The van der Waals surface area contributed by atoms with E-state index in [4.69, 9.17) is 4.43 Å². The highest BCUT2D eigenvalue weighted by Crippen LogP contribution is 1.92. The van der Waals surface area contributed by atoms with Crippen LogP contribution in [-0.4, -0.2) is 66.4 Å². The molecule has 0 aromatic carbocycles. The van der Waals surface area contributed by atoms with Gasteiger partial charge in [-0.3, -0.25) is 0 Å². The standard InChI is InChI=1S/C6H15NOSi3/c1-7(2,3)5-4-6-8-10-11-9/h4-6H2,1-3H3/q+1. The lowest BCUT2D eigenvalue weighted by Crippen LogP contribution is -2.35. The topological polar surface area (TPSA) is 9.23 Å². The maximum absolute atomic E-state index is 5.36. The molecule has 0 aliphatic heterocycles. The zero-order valence-electron chi connectivity index (χ0n) is 7.48. The van der Waals surface area contributed by atoms with E-state index in [-0.39, 0.29) is 0 Å². The monoisotopic (exact) mass is 201 g/mol. The Labute approximate surface area is 77.7 Å². The number of hydrogen-bond donors (Lipinski definition) is 0. The predicted molar refractivity (Wildman–Crippen MR) is 50.7 cm³/mol. The first-order chi connectivity index (χ1) is 5.06. The van der Waals surface area contributed by atoms with Gasteiger partial charge in [-0.05, 0) is 0 Å². The Morgan fingerprint density at radius 2 is 2.00 bits per heavy atom. The summed E-state index contributed by atoms with van der Waals surface area (Å²) in [6.45, 7) is 2.10. The third kappa shape index (κ3) is 10.6. The van der Waals surface area contributed by atoms with Gasteiger partial charge in [0.25, 0.3) is 0 Å². The first kappa shape index (κ1) is 11.6. The molecule has 0 amide bonds. The van der Waals surface area contributed by atoms with Gasteiger partial charge in [0, 0.05) is 31.3 Å². The summed E-state index contributed by atoms with van der Waals surface area (Å²) in [5.41, 5.74) is 0. The summed E-state index contributed by atoms with van der Waals surface area (Å²) in [5.74, 6) is 0. The number of rotatable bonds is 6. The van der Waals surface area contributed by atoms with Crippen LogP contribution in [0.15, 0.2) is 0 Å². The zero-order valence-corrected chi connectivity index (χ0v) is 10.5. The van der Waals surface area contributed by atoms with E-state index in [1.54, 1.807) is 0 Å². The van der Waals surface area contributed by atoms with Gasteiger partial charge in [-0.1, -0.05) is 0 Å². The smallest absolute Gasteiger partial charge is 0.201 e. The highest BCUT2D eigenvalue weighted by molar-refractivity contribution is 7.21. The van der Waals surface area contributed by atoms with Gasteiger partial charge in [-0.25, -0.2) is 0 Å². The Bertz CT molecular complexity index is 94.3. The molecule has 11 heavy (non-hydrogen) atoms. The van der Waals surface area contributed by atoms with Crippen LogP contribution < -0.4 is 0 Å². The number of hydrogen-bond acceptors (Lipinski definition) is 1. The van der Waals surface area contributed by atoms with Crippen LogP contribution in [0.1, 0.15) is 6.42 Å². The third-order valence-electron chi connectivity index (χ3n) is 1.20. The lowest BCUT2D eigenvalue weighted by Gasteiger charge is -2.23. The van der Waals surface area contributed by atoms with Crippen LogP contribution in [0.25, 0.3) is 0 Å². The molecule has 0 saturated carbocycles. The molecule has 0 aromatic heterocycles. The number of nitrogens with zero attached hydrogens (tertiary/aromatic N) is 1. The van der Waals surface area contributed by atoms with Gasteiger partial charge in [0.1, 0.15) is 0 Å². The van der Waals surface area contributed by atoms with E-state index in [0.29, 0.717) is 9.28 Å². The van der Waals surface area contributed by atoms with E-state index in [2.05, 4.69) is 30.9 Å². The molecule has 0 spiro atoms. The van der Waals surface area contributed by atoms with Crippen LogP contribution in [-0.2, 0) is 4.43 Å². The van der Waals surface area contributed by atoms with Gasteiger partial charge in [0.15, 0.2) is 0 Å². The van der Waals surface area contributed by atoms with Crippen LogP contribution in [0.5, 0.6) is 0 Å². The maximum Gasteiger partial charge on any atom is 0.201 e. The van der Waals surface area contributed by atoms with Gasteiger partial charge in [-0.2, -0.15) is 0 Å². The Balaban J connectivity index is 3.02. The zero-order chi connectivity index (χ0) is 8.74. The number of quaternary nitrogens is 1. The Morgan fingerprint density at radius 1 is 1.36 bits per heavy atom. The molecule has 61 valence electrons. The predicted octanol–water partition coefficient (Wildman–Crippen LogP) is -0.579. The van der Waals surface area contributed by atoms with Crippen molar-refractivity contribution in [2.45, 2.75) is 6.42 Å². The van der Waals surface area contributed by atoms with E-state index in [9.17, 15) is 0 Å². The molecule has 0 bridgehead atoms. The fraction of sp³-hybridized carbons (Fsp3) is 1.00. The third-order valence-corrected chi connectivity index (χ3v) is 3.31. The summed E-state index contributed by atoms with van der Waals surface area (Å²) in [5, 5.41) is 0. The molecule has 0 atom stereocenters. The molecule has 0 fully saturated rings. The largest absolute Gasteiger partial charge is 0.422 e. The summed E-state index contributed by atoms with van der Waals surface area (Å²) in [6, 6.07) is 0. The minimum absolute atomic E-state index is 0.643. The summed E-state index contributed by atoms with van der Waals surface area (Å²) >= 11 is 0. The van der Waals surface area contributed by atoms with Gasteiger partial charge in [0.05, 0.1) is 27.7 Å². The second-order valence-electron chi connectivity index (χ2n) is 3.44. The second-order valence-corrected chi connectivity index (χ2v) is 7.80.